The molecule has 1 aromatic heterocycles. The molecule has 0 spiro atoms. The highest BCUT2D eigenvalue weighted by Crippen LogP contribution is 2.31. The van der Waals surface area contributed by atoms with E-state index in [1.54, 1.807) is 47.5 Å². The first-order chi connectivity index (χ1) is 11.9. The van der Waals surface area contributed by atoms with Crippen molar-refractivity contribution in [3.8, 4) is 5.75 Å². The second kappa shape index (κ2) is 6.47. The topological polar surface area (TPSA) is 65.3 Å². The van der Waals surface area contributed by atoms with Crippen molar-refractivity contribution in [3.63, 3.8) is 0 Å². The summed E-state index contributed by atoms with van der Waals surface area (Å²) in [7, 11) is 3.42. The number of aromatic nitrogens is 2. The van der Waals surface area contributed by atoms with Crippen molar-refractivity contribution in [2.45, 2.75) is 20.0 Å². The van der Waals surface area contributed by atoms with E-state index in [9.17, 15) is 9.59 Å². The SMILES string of the molecule is CC(C)Oc1cc2c(cc1NC(=O)c1ccccc1)n(C)c(=O)n2C. The van der Waals surface area contributed by atoms with Crippen molar-refractivity contribution in [2.75, 3.05) is 5.32 Å². The fourth-order valence-corrected chi connectivity index (χ4v) is 2.76. The number of carbonyl (C=O) groups is 1. The Kier molecular flexibility index (Phi) is 4.35. The van der Waals surface area contributed by atoms with Crippen LogP contribution in [0, 0.1) is 0 Å². The van der Waals surface area contributed by atoms with Gasteiger partial charge in [-0.05, 0) is 32.0 Å². The van der Waals surface area contributed by atoms with E-state index in [-0.39, 0.29) is 17.7 Å². The molecule has 0 saturated carbocycles. The van der Waals surface area contributed by atoms with Gasteiger partial charge in [0.05, 0.1) is 22.8 Å². The number of aryl methyl sites for hydroxylation is 2. The van der Waals surface area contributed by atoms with Crippen LogP contribution in [-0.2, 0) is 14.1 Å². The van der Waals surface area contributed by atoms with Crippen molar-refractivity contribution in [2.24, 2.45) is 14.1 Å². The number of benzene rings is 2. The van der Waals surface area contributed by atoms with Crippen LogP contribution in [0.3, 0.4) is 0 Å². The fourth-order valence-electron chi connectivity index (χ4n) is 2.76. The lowest BCUT2D eigenvalue weighted by Gasteiger charge is -2.16. The first-order valence-electron chi connectivity index (χ1n) is 8.11. The standard InChI is InChI=1S/C19H21N3O3/c1-12(2)25-17-11-16-15(21(3)19(24)22(16)4)10-14(17)20-18(23)13-8-6-5-7-9-13/h5-12H,1-4H3,(H,20,23). The first kappa shape index (κ1) is 16.8. The number of nitrogens with zero attached hydrogens (tertiary/aromatic N) is 2. The summed E-state index contributed by atoms with van der Waals surface area (Å²) in [5.41, 5.74) is 2.45. The summed E-state index contributed by atoms with van der Waals surface area (Å²) in [6.45, 7) is 3.83. The number of anilines is 1. The zero-order valence-electron chi connectivity index (χ0n) is 14.7. The Balaban J connectivity index is 2.10. The van der Waals surface area contributed by atoms with E-state index in [1.165, 1.54) is 0 Å². The van der Waals surface area contributed by atoms with Gasteiger partial charge in [0.2, 0.25) is 0 Å². The number of nitrogens with one attached hydrogen (secondary N) is 1. The van der Waals surface area contributed by atoms with Crippen LogP contribution in [-0.4, -0.2) is 21.1 Å². The molecule has 2 aromatic carbocycles. The van der Waals surface area contributed by atoms with E-state index in [1.807, 2.05) is 32.0 Å². The molecular weight excluding hydrogens is 318 g/mol. The van der Waals surface area contributed by atoms with E-state index in [2.05, 4.69) is 5.32 Å². The fraction of sp³-hybridized carbons (Fsp3) is 0.263. The maximum atomic E-state index is 12.5. The molecule has 0 bridgehead atoms. The van der Waals surface area contributed by atoms with Crippen molar-refractivity contribution in [1.82, 2.24) is 9.13 Å². The van der Waals surface area contributed by atoms with Crippen LogP contribution < -0.4 is 15.7 Å². The van der Waals surface area contributed by atoms with Crippen LogP contribution in [0.1, 0.15) is 24.2 Å². The normalized spacial score (nSPS) is 11.1. The molecule has 0 unspecified atom stereocenters. The predicted octanol–water partition coefficient (Wildman–Crippen LogP) is 2.92. The smallest absolute Gasteiger partial charge is 0.328 e. The summed E-state index contributed by atoms with van der Waals surface area (Å²) in [6, 6.07) is 12.5. The number of amides is 1. The molecule has 3 rings (SSSR count). The molecule has 0 fully saturated rings. The summed E-state index contributed by atoms with van der Waals surface area (Å²) in [5.74, 6) is 0.308. The Morgan fingerprint density at radius 2 is 1.64 bits per heavy atom. The number of ether oxygens (including phenoxy) is 1. The van der Waals surface area contributed by atoms with Crippen LogP contribution in [0.5, 0.6) is 5.75 Å². The second-order valence-electron chi connectivity index (χ2n) is 6.22. The van der Waals surface area contributed by atoms with Gasteiger partial charge in [0.1, 0.15) is 5.75 Å². The number of fused-ring (bicyclic) bond motifs is 1. The minimum Gasteiger partial charge on any atom is -0.489 e. The van der Waals surface area contributed by atoms with E-state index in [4.69, 9.17) is 4.74 Å². The largest absolute Gasteiger partial charge is 0.489 e. The molecule has 0 aliphatic heterocycles. The van der Waals surface area contributed by atoms with Gasteiger partial charge in [0, 0.05) is 25.7 Å². The molecule has 3 aromatic rings. The Bertz CT molecular complexity index is 985. The number of carbonyl (C=O) groups excluding carboxylic acids is 1. The Hall–Kier alpha value is -3.02. The molecular formula is C19H21N3O3. The van der Waals surface area contributed by atoms with Gasteiger partial charge in [-0.2, -0.15) is 0 Å². The van der Waals surface area contributed by atoms with Gasteiger partial charge in [0.15, 0.2) is 0 Å². The van der Waals surface area contributed by atoms with Gasteiger partial charge >= 0.3 is 5.69 Å². The zero-order chi connectivity index (χ0) is 18.1. The Labute approximate surface area is 145 Å². The lowest BCUT2D eigenvalue weighted by atomic mass is 10.2. The highest BCUT2D eigenvalue weighted by Gasteiger charge is 2.16. The lowest BCUT2D eigenvalue weighted by Crippen LogP contribution is -2.19. The van der Waals surface area contributed by atoms with Gasteiger partial charge < -0.3 is 10.1 Å². The lowest BCUT2D eigenvalue weighted by molar-refractivity contribution is 0.102. The third kappa shape index (κ3) is 3.15. The highest BCUT2D eigenvalue weighted by molar-refractivity contribution is 6.06. The average Bonchev–Trinajstić information content (AvgIpc) is 2.80. The monoisotopic (exact) mass is 339 g/mol. The molecule has 0 saturated heterocycles. The molecule has 0 aliphatic rings. The summed E-state index contributed by atoms with van der Waals surface area (Å²) < 4.78 is 8.96. The molecule has 1 N–H and O–H groups in total. The molecule has 25 heavy (non-hydrogen) atoms. The summed E-state index contributed by atoms with van der Waals surface area (Å²) >= 11 is 0. The molecule has 6 heteroatoms. The van der Waals surface area contributed by atoms with Crippen LogP contribution >= 0.6 is 0 Å². The van der Waals surface area contributed by atoms with Crippen molar-refractivity contribution < 1.29 is 9.53 Å². The number of hydrogen-bond acceptors (Lipinski definition) is 3. The van der Waals surface area contributed by atoms with Crippen molar-refractivity contribution in [1.29, 1.82) is 0 Å². The molecule has 1 amide bonds. The quantitative estimate of drug-likeness (QED) is 0.795. The predicted molar refractivity (Wildman–Crippen MR) is 98.3 cm³/mol. The molecule has 0 radical (unpaired) electrons. The van der Waals surface area contributed by atoms with Gasteiger partial charge in [-0.15, -0.1) is 0 Å². The summed E-state index contributed by atoms with van der Waals surface area (Å²) in [5, 5.41) is 2.89. The minimum atomic E-state index is -0.227. The van der Waals surface area contributed by atoms with Gasteiger partial charge in [-0.25, -0.2) is 4.79 Å². The first-order valence-corrected chi connectivity index (χ1v) is 8.11. The third-order valence-corrected chi connectivity index (χ3v) is 4.02. The van der Waals surface area contributed by atoms with E-state index < -0.39 is 0 Å². The van der Waals surface area contributed by atoms with Crippen LogP contribution in [0.2, 0.25) is 0 Å². The highest BCUT2D eigenvalue weighted by atomic mass is 16.5. The third-order valence-electron chi connectivity index (χ3n) is 4.02. The van der Waals surface area contributed by atoms with Crippen LogP contribution in [0.25, 0.3) is 11.0 Å². The number of hydrogen-bond donors (Lipinski definition) is 1. The second-order valence-corrected chi connectivity index (χ2v) is 6.22. The summed E-state index contributed by atoms with van der Waals surface area (Å²) in [6.07, 6.45) is -0.0643. The van der Waals surface area contributed by atoms with Gasteiger partial charge in [0.25, 0.3) is 5.91 Å². The maximum Gasteiger partial charge on any atom is 0.328 e. The van der Waals surface area contributed by atoms with Crippen LogP contribution in [0.15, 0.2) is 47.3 Å². The Morgan fingerprint density at radius 1 is 1.04 bits per heavy atom. The van der Waals surface area contributed by atoms with E-state index >= 15 is 0 Å². The number of imidazole rings is 1. The molecule has 0 aliphatic carbocycles. The van der Waals surface area contributed by atoms with Crippen LogP contribution in [0.4, 0.5) is 5.69 Å². The molecule has 130 valence electrons. The average molecular weight is 339 g/mol. The van der Waals surface area contributed by atoms with Crippen molar-refractivity contribution in [3.05, 3.63) is 58.5 Å². The van der Waals surface area contributed by atoms with Gasteiger partial charge in [-0.1, -0.05) is 18.2 Å². The summed E-state index contributed by atoms with van der Waals surface area (Å²) in [4.78, 5) is 24.7. The molecule has 6 nitrogen and oxygen atoms in total. The van der Waals surface area contributed by atoms with Gasteiger partial charge in [-0.3, -0.25) is 13.9 Å². The zero-order valence-corrected chi connectivity index (χ0v) is 14.7. The van der Waals surface area contributed by atoms with E-state index in [0.29, 0.717) is 17.0 Å². The van der Waals surface area contributed by atoms with Crippen molar-refractivity contribution >= 4 is 22.6 Å². The molecule has 0 atom stereocenters. The maximum absolute atomic E-state index is 12.5. The Morgan fingerprint density at radius 3 is 2.24 bits per heavy atom. The van der Waals surface area contributed by atoms with E-state index in [0.717, 1.165) is 11.0 Å². The molecule has 1 heterocycles. The minimum absolute atomic E-state index is 0.0643. The number of rotatable bonds is 4.